The standard InChI is InChI=1S/C9H15ClO3/c1-4-9(5-2,6-3)13-8(12)7(10)11/h4-6H2,1-3H3. The summed E-state index contributed by atoms with van der Waals surface area (Å²) in [6.07, 6.45) is 2.07. The van der Waals surface area contributed by atoms with Crippen LogP contribution in [0, 0.1) is 0 Å². The average Bonchev–Trinajstić information content (AvgIpc) is 2.14. The number of rotatable bonds is 5. The van der Waals surface area contributed by atoms with Gasteiger partial charge < -0.3 is 4.74 Å². The lowest BCUT2D eigenvalue weighted by Gasteiger charge is -2.29. The minimum atomic E-state index is -1.06. The van der Waals surface area contributed by atoms with Crippen molar-refractivity contribution >= 4 is 22.8 Å². The molecule has 76 valence electrons. The lowest BCUT2D eigenvalue weighted by molar-refractivity contribution is -0.164. The minimum Gasteiger partial charge on any atom is -0.452 e. The van der Waals surface area contributed by atoms with E-state index >= 15 is 0 Å². The van der Waals surface area contributed by atoms with Crippen molar-refractivity contribution in [1.29, 1.82) is 0 Å². The monoisotopic (exact) mass is 206 g/mol. The Morgan fingerprint density at radius 1 is 1.15 bits per heavy atom. The Hall–Kier alpha value is -0.570. The maximum atomic E-state index is 10.9. The van der Waals surface area contributed by atoms with Crippen molar-refractivity contribution in [2.45, 2.75) is 45.6 Å². The molecule has 0 amide bonds. The zero-order chi connectivity index (χ0) is 10.5. The topological polar surface area (TPSA) is 43.4 Å². The normalized spacial score (nSPS) is 11.1. The molecule has 0 atom stereocenters. The van der Waals surface area contributed by atoms with Gasteiger partial charge in [0.05, 0.1) is 0 Å². The Bertz CT molecular complexity index is 189. The van der Waals surface area contributed by atoms with E-state index in [4.69, 9.17) is 16.3 Å². The molecule has 0 aliphatic carbocycles. The molecule has 0 aliphatic rings. The van der Waals surface area contributed by atoms with E-state index in [0.717, 1.165) is 0 Å². The Balaban J connectivity index is 4.42. The molecule has 0 aromatic rings. The summed E-state index contributed by atoms with van der Waals surface area (Å²) in [6.45, 7) is 5.75. The summed E-state index contributed by atoms with van der Waals surface area (Å²) >= 11 is 4.99. The summed E-state index contributed by atoms with van der Waals surface area (Å²) < 4.78 is 5.03. The second kappa shape index (κ2) is 5.22. The molecule has 0 spiro atoms. The molecular weight excluding hydrogens is 192 g/mol. The molecule has 0 aliphatic heterocycles. The van der Waals surface area contributed by atoms with Gasteiger partial charge in [-0.05, 0) is 30.9 Å². The van der Waals surface area contributed by atoms with Gasteiger partial charge >= 0.3 is 11.2 Å². The van der Waals surface area contributed by atoms with Crippen LogP contribution in [0.5, 0.6) is 0 Å². The molecule has 0 saturated carbocycles. The van der Waals surface area contributed by atoms with Crippen molar-refractivity contribution < 1.29 is 14.3 Å². The molecule has 0 rings (SSSR count). The summed E-state index contributed by atoms with van der Waals surface area (Å²) in [5, 5.41) is -1.06. The van der Waals surface area contributed by atoms with E-state index in [2.05, 4.69) is 0 Å². The molecule has 0 unspecified atom stereocenters. The first-order valence-corrected chi connectivity index (χ1v) is 4.82. The van der Waals surface area contributed by atoms with Gasteiger partial charge in [-0.3, -0.25) is 4.79 Å². The van der Waals surface area contributed by atoms with E-state index < -0.39 is 16.8 Å². The van der Waals surface area contributed by atoms with Crippen LogP contribution in [0.4, 0.5) is 0 Å². The van der Waals surface area contributed by atoms with Gasteiger partial charge in [-0.15, -0.1) is 0 Å². The van der Waals surface area contributed by atoms with Gasteiger partial charge in [0.2, 0.25) is 0 Å². The Kier molecular flexibility index (Phi) is 4.99. The van der Waals surface area contributed by atoms with Crippen molar-refractivity contribution in [3.63, 3.8) is 0 Å². The predicted octanol–water partition coefficient (Wildman–Crippen LogP) is 2.26. The third-order valence-corrected chi connectivity index (χ3v) is 2.56. The van der Waals surface area contributed by atoms with Crippen molar-refractivity contribution in [1.82, 2.24) is 0 Å². The van der Waals surface area contributed by atoms with Gasteiger partial charge in [-0.25, -0.2) is 4.79 Å². The van der Waals surface area contributed by atoms with Crippen LogP contribution in [-0.2, 0) is 14.3 Å². The number of carbonyl (C=O) groups is 2. The van der Waals surface area contributed by atoms with Gasteiger partial charge in [0, 0.05) is 0 Å². The van der Waals surface area contributed by atoms with Crippen LogP contribution in [-0.4, -0.2) is 16.8 Å². The first-order chi connectivity index (χ1) is 6.01. The quantitative estimate of drug-likeness (QED) is 0.394. The summed E-state index contributed by atoms with van der Waals surface area (Å²) in [6, 6.07) is 0. The van der Waals surface area contributed by atoms with Crippen molar-refractivity contribution in [3.8, 4) is 0 Å². The molecule has 0 N–H and O–H groups in total. The third kappa shape index (κ3) is 3.35. The van der Waals surface area contributed by atoms with E-state index in [1.54, 1.807) is 0 Å². The van der Waals surface area contributed by atoms with E-state index in [9.17, 15) is 9.59 Å². The summed E-state index contributed by atoms with van der Waals surface area (Å²) in [4.78, 5) is 21.4. The molecule has 0 fully saturated rings. The zero-order valence-electron chi connectivity index (χ0n) is 8.22. The van der Waals surface area contributed by atoms with Crippen molar-refractivity contribution in [3.05, 3.63) is 0 Å². The number of ether oxygens (including phenoxy) is 1. The fourth-order valence-electron chi connectivity index (χ4n) is 1.20. The molecule has 0 bridgehead atoms. The predicted molar refractivity (Wildman–Crippen MR) is 50.6 cm³/mol. The average molecular weight is 207 g/mol. The first-order valence-electron chi connectivity index (χ1n) is 4.44. The zero-order valence-corrected chi connectivity index (χ0v) is 8.98. The number of esters is 1. The maximum absolute atomic E-state index is 10.9. The second-order valence-corrected chi connectivity index (χ2v) is 3.25. The van der Waals surface area contributed by atoms with Crippen LogP contribution in [0.15, 0.2) is 0 Å². The molecule has 3 nitrogen and oxygen atoms in total. The van der Waals surface area contributed by atoms with E-state index in [1.807, 2.05) is 20.8 Å². The SMILES string of the molecule is CCC(CC)(CC)OC(=O)C(=O)Cl. The molecule has 0 aromatic heterocycles. The molecule has 0 radical (unpaired) electrons. The molecule has 13 heavy (non-hydrogen) atoms. The Morgan fingerprint density at radius 3 is 1.77 bits per heavy atom. The highest BCUT2D eigenvalue weighted by molar-refractivity contribution is 6.80. The summed E-state index contributed by atoms with van der Waals surface area (Å²) in [5.74, 6) is -0.952. The molecule has 0 heterocycles. The summed E-state index contributed by atoms with van der Waals surface area (Å²) in [7, 11) is 0. The van der Waals surface area contributed by atoms with Gasteiger partial charge in [0.1, 0.15) is 5.60 Å². The van der Waals surface area contributed by atoms with Gasteiger partial charge in [0.25, 0.3) is 0 Å². The Labute approximate surface area is 83.4 Å². The number of hydrogen-bond donors (Lipinski definition) is 0. The van der Waals surface area contributed by atoms with E-state index in [-0.39, 0.29) is 0 Å². The van der Waals surface area contributed by atoms with Crippen LogP contribution in [0.3, 0.4) is 0 Å². The largest absolute Gasteiger partial charge is 0.452 e. The van der Waals surface area contributed by atoms with Gasteiger partial charge in [-0.2, -0.15) is 0 Å². The van der Waals surface area contributed by atoms with Crippen LogP contribution in [0.1, 0.15) is 40.0 Å². The van der Waals surface area contributed by atoms with Crippen molar-refractivity contribution in [2.24, 2.45) is 0 Å². The van der Waals surface area contributed by atoms with Crippen LogP contribution in [0.25, 0.3) is 0 Å². The molecule has 0 aromatic carbocycles. The lowest BCUT2D eigenvalue weighted by Crippen LogP contribution is -2.34. The number of halogens is 1. The smallest absolute Gasteiger partial charge is 0.391 e. The highest BCUT2D eigenvalue weighted by Crippen LogP contribution is 2.24. The van der Waals surface area contributed by atoms with E-state index in [1.165, 1.54) is 0 Å². The van der Waals surface area contributed by atoms with Gasteiger partial charge in [0.15, 0.2) is 0 Å². The van der Waals surface area contributed by atoms with Crippen LogP contribution >= 0.6 is 11.6 Å². The van der Waals surface area contributed by atoms with E-state index in [0.29, 0.717) is 19.3 Å². The third-order valence-electron chi connectivity index (χ3n) is 2.40. The maximum Gasteiger partial charge on any atom is 0.391 e. The first kappa shape index (κ1) is 12.4. The lowest BCUT2D eigenvalue weighted by atomic mass is 9.94. The highest BCUT2D eigenvalue weighted by atomic mass is 35.5. The fraction of sp³-hybridized carbons (Fsp3) is 0.778. The second-order valence-electron chi connectivity index (χ2n) is 2.91. The molecule has 4 heteroatoms. The number of hydrogen-bond acceptors (Lipinski definition) is 3. The van der Waals surface area contributed by atoms with Crippen LogP contribution < -0.4 is 0 Å². The van der Waals surface area contributed by atoms with Crippen LogP contribution in [0.2, 0.25) is 0 Å². The summed E-state index contributed by atoms with van der Waals surface area (Å²) in [5.41, 5.74) is -0.526. The molecular formula is C9H15ClO3. The van der Waals surface area contributed by atoms with Crippen molar-refractivity contribution in [2.75, 3.05) is 0 Å². The minimum absolute atomic E-state index is 0.526. The Morgan fingerprint density at radius 2 is 1.54 bits per heavy atom. The molecule has 0 saturated heterocycles. The fourth-order valence-corrected chi connectivity index (χ4v) is 1.24. The highest BCUT2D eigenvalue weighted by Gasteiger charge is 2.30. The van der Waals surface area contributed by atoms with Gasteiger partial charge in [-0.1, -0.05) is 20.8 Å². The number of carbonyl (C=O) groups excluding carboxylic acids is 2.